The second-order valence-electron chi connectivity index (χ2n) is 6.77. The number of carbonyl (C=O) groups excluding carboxylic acids is 1. The van der Waals surface area contributed by atoms with E-state index in [0.717, 1.165) is 30.4 Å². The molecule has 0 fully saturated rings. The molecule has 1 amide bonds. The van der Waals surface area contributed by atoms with Crippen molar-refractivity contribution in [3.05, 3.63) is 44.1 Å². The van der Waals surface area contributed by atoms with Crippen LogP contribution in [-0.4, -0.2) is 26.4 Å². The molecule has 0 saturated carbocycles. The summed E-state index contributed by atoms with van der Waals surface area (Å²) < 4.78 is 2.09. The van der Waals surface area contributed by atoms with E-state index >= 15 is 0 Å². The third kappa shape index (κ3) is 4.48. The van der Waals surface area contributed by atoms with Crippen LogP contribution >= 0.6 is 46.3 Å². The van der Waals surface area contributed by atoms with E-state index in [-0.39, 0.29) is 11.7 Å². The first-order valence-corrected chi connectivity index (χ1v) is 12.1. The van der Waals surface area contributed by atoms with E-state index < -0.39 is 0 Å². The van der Waals surface area contributed by atoms with Gasteiger partial charge in [0.1, 0.15) is 0 Å². The zero-order chi connectivity index (χ0) is 20.4. The van der Waals surface area contributed by atoms with Crippen molar-refractivity contribution in [3.8, 4) is 11.4 Å². The number of carbonyl (C=O) groups is 1. The maximum Gasteiger partial charge on any atom is 0.234 e. The average molecular weight is 467 g/mol. The second kappa shape index (κ2) is 9.08. The lowest BCUT2D eigenvalue weighted by Crippen LogP contribution is -2.14. The molecule has 152 valence electrons. The number of benzene rings is 1. The third-order valence-corrected chi connectivity index (χ3v) is 7.67. The fourth-order valence-corrected chi connectivity index (χ4v) is 5.69. The average Bonchev–Trinajstić information content (AvgIpc) is 3.32. The number of fused-ring (bicyclic) bond motifs is 1. The molecule has 0 spiro atoms. The van der Waals surface area contributed by atoms with Crippen molar-refractivity contribution in [2.45, 2.75) is 44.3 Å². The largest absolute Gasteiger partial charge is 0.325 e. The van der Waals surface area contributed by atoms with Gasteiger partial charge in [-0.2, -0.15) is 0 Å². The maximum atomic E-state index is 12.3. The van der Waals surface area contributed by atoms with Crippen LogP contribution < -0.4 is 5.32 Å². The Morgan fingerprint density at radius 1 is 1.24 bits per heavy atom. The molecule has 5 nitrogen and oxygen atoms in total. The van der Waals surface area contributed by atoms with E-state index in [1.165, 1.54) is 40.6 Å². The van der Waals surface area contributed by atoms with Gasteiger partial charge in [-0.1, -0.05) is 35.0 Å². The number of anilines is 1. The summed E-state index contributed by atoms with van der Waals surface area (Å²) in [6, 6.07) is 5.02. The molecule has 29 heavy (non-hydrogen) atoms. The number of amides is 1. The number of nitrogens with zero attached hydrogens (tertiary/aromatic N) is 3. The molecule has 3 aromatic rings. The Morgan fingerprint density at radius 2 is 2.07 bits per heavy atom. The van der Waals surface area contributed by atoms with E-state index in [9.17, 15) is 4.79 Å². The number of aryl methyl sites for hydroxylation is 1. The van der Waals surface area contributed by atoms with Crippen molar-refractivity contribution >= 4 is 57.9 Å². The minimum atomic E-state index is -0.131. The summed E-state index contributed by atoms with van der Waals surface area (Å²) in [5.74, 6) is 1.01. The summed E-state index contributed by atoms with van der Waals surface area (Å²) in [5.41, 5.74) is 3.25. The zero-order valence-electron chi connectivity index (χ0n) is 15.9. The van der Waals surface area contributed by atoms with Gasteiger partial charge in [0.15, 0.2) is 11.0 Å². The van der Waals surface area contributed by atoms with Gasteiger partial charge < -0.3 is 9.88 Å². The van der Waals surface area contributed by atoms with Gasteiger partial charge in [0, 0.05) is 28.1 Å². The SMILES string of the molecule is CCn1c(SCC(=O)Nc2ccc(Cl)c(Cl)c2)nnc1-c1csc2c1CCCC2. The summed E-state index contributed by atoms with van der Waals surface area (Å²) in [6.45, 7) is 2.83. The Bertz CT molecular complexity index is 1050. The predicted molar refractivity (Wildman–Crippen MR) is 121 cm³/mol. The van der Waals surface area contributed by atoms with Crippen LogP contribution in [0.3, 0.4) is 0 Å². The summed E-state index contributed by atoms with van der Waals surface area (Å²) in [7, 11) is 0. The molecule has 1 N–H and O–H groups in total. The van der Waals surface area contributed by atoms with Crippen LogP contribution in [0.15, 0.2) is 28.7 Å². The van der Waals surface area contributed by atoms with Gasteiger partial charge in [-0.3, -0.25) is 4.79 Å². The number of hydrogen-bond acceptors (Lipinski definition) is 5. The summed E-state index contributed by atoms with van der Waals surface area (Å²) in [4.78, 5) is 13.8. The molecular formula is C20H20Cl2N4OS2. The molecule has 0 saturated heterocycles. The predicted octanol–water partition coefficient (Wildman–Crippen LogP) is 5.94. The van der Waals surface area contributed by atoms with Crippen LogP contribution in [0, 0.1) is 0 Å². The standard InChI is InChI=1S/C20H20Cl2N4OS2/c1-2-26-19(14-10-28-17-6-4-3-5-13(14)17)24-25-20(26)29-11-18(27)23-12-7-8-15(21)16(22)9-12/h7-10H,2-6,11H2,1H3,(H,23,27). The van der Waals surface area contributed by atoms with E-state index in [1.54, 1.807) is 18.2 Å². The quantitative estimate of drug-likeness (QED) is 0.456. The highest BCUT2D eigenvalue weighted by atomic mass is 35.5. The lowest BCUT2D eigenvalue weighted by molar-refractivity contribution is -0.113. The van der Waals surface area contributed by atoms with E-state index in [0.29, 0.717) is 15.7 Å². The van der Waals surface area contributed by atoms with Gasteiger partial charge in [-0.15, -0.1) is 21.5 Å². The van der Waals surface area contributed by atoms with Gasteiger partial charge in [0.05, 0.1) is 15.8 Å². The molecule has 0 radical (unpaired) electrons. The number of halogens is 2. The molecule has 0 bridgehead atoms. The van der Waals surface area contributed by atoms with Gasteiger partial charge >= 0.3 is 0 Å². The molecule has 1 aromatic carbocycles. The van der Waals surface area contributed by atoms with Crippen LogP contribution in [0.1, 0.15) is 30.2 Å². The first-order chi connectivity index (χ1) is 14.1. The monoisotopic (exact) mass is 466 g/mol. The van der Waals surface area contributed by atoms with Crippen molar-refractivity contribution < 1.29 is 4.79 Å². The van der Waals surface area contributed by atoms with Crippen LogP contribution in [-0.2, 0) is 24.2 Å². The number of thiophene rings is 1. The highest BCUT2D eigenvalue weighted by molar-refractivity contribution is 7.99. The smallest absolute Gasteiger partial charge is 0.234 e. The van der Waals surface area contributed by atoms with Crippen molar-refractivity contribution in [1.82, 2.24) is 14.8 Å². The Hall–Kier alpha value is -1.54. The molecule has 0 unspecified atom stereocenters. The first kappa shape index (κ1) is 20.7. The fourth-order valence-electron chi connectivity index (χ4n) is 3.46. The van der Waals surface area contributed by atoms with Gasteiger partial charge in [-0.05, 0) is 56.4 Å². The van der Waals surface area contributed by atoms with Crippen molar-refractivity contribution in [2.75, 3.05) is 11.1 Å². The minimum Gasteiger partial charge on any atom is -0.325 e. The minimum absolute atomic E-state index is 0.131. The molecular weight excluding hydrogens is 447 g/mol. The number of rotatable bonds is 6. The van der Waals surface area contributed by atoms with E-state index in [2.05, 4.69) is 32.4 Å². The second-order valence-corrected chi connectivity index (χ2v) is 9.50. The molecule has 1 aliphatic rings. The molecule has 4 rings (SSSR count). The van der Waals surface area contributed by atoms with Gasteiger partial charge in [-0.25, -0.2) is 0 Å². The Labute approximate surface area is 187 Å². The lowest BCUT2D eigenvalue weighted by atomic mass is 9.96. The normalized spacial score (nSPS) is 13.3. The van der Waals surface area contributed by atoms with Crippen LogP contribution in [0.25, 0.3) is 11.4 Å². The number of hydrogen-bond donors (Lipinski definition) is 1. The lowest BCUT2D eigenvalue weighted by Gasteiger charge is -2.13. The number of nitrogens with one attached hydrogen (secondary N) is 1. The van der Waals surface area contributed by atoms with Crippen LogP contribution in [0.4, 0.5) is 5.69 Å². The maximum absolute atomic E-state index is 12.3. The number of aromatic nitrogens is 3. The summed E-state index contributed by atoms with van der Waals surface area (Å²) >= 11 is 15.1. The number of thioether (sulfide) groups is 1. The van der Waals surface area contributed by atoms with E-state index in [4.69, 9.17) is 23.2 Å². The highest BCUT2D eigenvalue weighted by Gasteiger charge is 2.22. The van der Waals surface area contributed by atoms with Crippen molar-refractivity contribution in [1.29, 1.82) is 0 Å². The summed E-state index contributed by atoms with van der Waals surface area (Å²) in [5, 5.41) is 15.5. The van der Waals surface area contributed by atoms with Crippen molar-refractivity contribution in [2.24, 2.45) is 0 Å². The third-order valence-electron chi connectivity index (χ3n) is 4.87. The van der Waals surface area contributed by atoms with E-state index in [1.807, 2.05) is 11.3 Å². The molecule has 2 heterocycles. The summed E-state index contributed by atoms with van der Waals surface area (Å²) in [6.07, 6.45) is 4.77. The van der Waals surface area contributed by atoms with Gasteiger partial charge in [0.25, 0.3) is 0 Å². The highest BCUT2D eigenvalue weighted by Crippen LogP contribution is 2.36. The van der Waals surface area contributed by atoms with Crippen LogP contribution in [0.2, 0.25) is 10.0 Å². The molecule has 0 aliphatic heterocycles. The molecule has 1 aliphatic carbocycles. The molecule has 9 heteroatoms. The zero-order valence-corrected chi connectivity index (χ0v) is 19.0. The molecule has 2 aromatic heterocycles. The van der Waals surface area contributed by atoms with Gasteiger partial charge in [0.2, 0.25) is 5.91 Å². The fraction of sp³-hybridized carbons (Fsp3) is 0.350. The van der Waals surface area contributed by atoms with Crippen LogP contribution in [0.5, 0.6) is 0 Å². The Morgan fingerprint density at radius 3 is 2.86 bits per heavy atom. The Balaban J connectivity index is 1.46. The molecule has 0 atom stereocenters. The van der Waals surface area contributed by atoms with Crippen molar-refractivity contribution in [3.63, 3.8) is 0 Å². The first-order valence-electron chi connectivity index (χ1n) is 9.47. The Kier molecular flexibility index (Phi) is 6.49. The topological polar surface area (TPSA) is 59.8 Å².